The van der Waals surface area contributed by atoms with Crippen molar-refractivity contribution in [3.63, 3.8) is 0 Å². The third-order valence-corrected chi connectivity index (χ3v) is 4.10. The molecule has 116 valence electrons. The Kier molecular flexibility index (Phi) is 4.29. The highest BCUT2D eigenvalue weighted by Gasteiger charge is 2.29. The Hall–Kier alpha value is -2.81. The van der Waals surface area contributed by atoms with Gasteiger partial charge in [0.2, 0.25) is 0 Å². The van der Waals surface area contributed by atoms with Crippen LogP contribution in [0.5, 0.6) is 0 Å². The number of fused-ring (bicyclic) bond motifs is 1. The van der Waals surface area contributed by atoms with E-state index in [0.29, 0.717) is 6.54 Å². The van der Waals surface area contributed by atoms with Crippen LogP contribution in [0.3, 0.4) is 0 Å². The summed E-state index contributed by atoms with van der Waals surface area (Å²) in [7, 11) is 1.41. The van der Waals surface area contributed by atoms with Crippen LogP contribution in [0.4, 0.5) is 4.79 Å². The van der Waals surface area contributed by atoms with E-state index in [1.54, 1.807) is 11.0 Å². The van der Waals surface area contributed by atoms with Gasteiger partial charge in [-0.1, -0.05) is 60.7 Å². The van der Waals surface area contributed by atoms with Crippen molar-refractivity contribution in [2.45, 2.75) is 12.6 Å². The van der Waals surface area contributed by atoms with E-state index in [-0.39, 0.29) is 12.1 Å². The molecule has 2 aromatic carbocycles. The van der Waals surface area contributed by atoms with Crippen LogP contribution in [0.25, 0.3) is 11.6 Å². The molecule has 3 nitrogen and oxygen atoms in total. The number of amides is 1. The van der Waals surface area contributed by atoms with E-state index < -0.39 is 0 Å². The topological polar surface area (TPSA) is 29.5 Å². The summed E-state index contributed by atoms with van der Waals surface area (Å²) < 4.78 is 4.99. The van der Waals surface area contributed by atoms with Crippen molar-refractivity contribution in [1.29, 1.82) is 0 Å². The van der Waals surface area contributed by atoms with Crippen LogP contribution in [-0.2, 0) is 11.3 Å². The van der Waals surface area contributed by atoms with Crippen LogP contribution in [0, 0.1) is 0 Å². The fraction of sp³-hybridized carbons (Fsp3) is 0.150. The number of hydrogen-bond acceptors (Lipinski definition) is 2. The third-order valence-electron chi connectivity index (χ3n) is 4.10. The largest absolute Gasteiger partial charge is 0.453 e. The minimum atomic E-state index is -0.353. The molecule has 3 heteroatoms. The zero-order chi connectivity index (χ0) is 16.2. The van der Waals surface area contributed by atoms with E-state index in [1.807, 2.05) is 48.5 Å². The fourth-order valence-electron chi connectivity index (χ4n) is 2.96. The molecule has 1 atom stereocenters. The number of nitrogens with zero attached hydrogens (tertiary/aromatic N) is 1. The van der Waals surface area contributed by atoms with Crippen LogP contribution in [-0.4, -0.2) is 24.1 Å². The first kappa shape index (κ1) is 15.1. The van der Waals surface area contributed by atoms with Crippen LogP contribution < -0.4 is 0 Å². The second kappa shape index (κ2) is 6.53. The summed E-state index contributed by atoms with van der Waals surface area (Å²) in [5.74, 6) is 0. The summed E-state index contributed by atoms with van der Waals surface area (Å²) in [5, 5.41) is 0. The van der Waals surface area contributed by atoms with E-state index in [1.165, 1.54) is 7.11 Å². The Morgan fingerprint density at radius 2 is 1.87 bits per heavy atom. The molecule has 1 aliphatic heterocycles. The molecule has 0 N–H and O–H groups in total. The average molecular weight is 305 g/mol. The number of hydrogen-bond donors (Lipinski definition) is 0. The van der Waals surface area contributed by atoms with Crippen LogP contribution in [0.1, 0.15) is 16.7 Å². The molecular formula is C20H19NO2. The second-order valence-electron chi connectivity index (χ2n) is 5.44. The zero-order valence-electron chi connectivity index (χ0n) is 13.1. The molecule has 0 aliphatic carbocycles. The van der Waals surface area contributed by atoms with E-state index in [2.05, 4.69) is 18.7 Å². The van der Waals surface area contributed by atoms with E-state index in [4.69, 9.17) is 4.74 Å². The van der Waals surface area contributed by atoms with Crippen molar-refractivity contribution in [3.05, 3.63) is 83.9 Å². The van der Waals surface area contributed by atoms with Gasteiger partial charge in [0, 0.05) is 0 Å². The maximum atomic E-state index is 12.3. The third kappa shape index (κ3) is 2.90. The molecule has 2 aromatic rings. The molecule has 1 amide bonds. The first-order valence-corrected chi connectivity index (χ1v) is 7.56. The average Bonchev–Trinajstić information content (AvgIpc) is 2.78. The molecule has 0 aromatic heterocycles. The lowest BCUT2D eigenvalue weighted by Crippen LogP contribution is -2.38. The van der Waals surface area contributed by atoms with Gasteiger partial charge in [0.05, 0.1) is 19.7 Å². The Morgan fingerprint density at radius 3 is 2.57 bits per heavy atom. The number of rotatable bonds is 2. The quantitative estimate of drug-likeness (QED) is 0.771. The van der Waals surface area contributed by atoms with Gasteiger partial charge in [-0.25, -0.2) is 4.79 Å². The van der Waals surface area contributed by atoms with Crippen molar-refractivity contribution >= 4 is 17.7 Å². The van der Waals surface area contributed by atoms with Crippen molar-refractivity contribution in [3.8, 4) is 0 Å². The minimum Gasteiger partial charge on any atom is -0.453 e. The summed E-state index contributed by atoms with van der Waals surface area (Å²) in [5.41, 5.74) is 4.32. The molecule has 1 unspecified atom stereocenters. The van der Waals surface area contributed by atoms with E-state index >= 15 is 0 Å². The fourth-order valence-corrected chi connectivity index (χ4v) is 2.96. The minimum absolute atomic E-state index is 0.239. The van der Waals surface area contributed by atoms with Crippen molar-refractivity contribution < 1.29 is 9.53 Å². The predicted octanol–water partition coefficient (Wildman–Crippen LogP) is 4.36. The normalized spacial score (nSPS) is 16.8. The number of ether oxygens (including phenoxy) is 1. The van der Waals surface area contributed by atoms with Gasteiger partial charge in [-0.15, -0.1) is 6.58 Å². The molecule has 0 spiro atoms. The van der Waals surface area contributed by atoms with Crippen LogP contribution >= 0.6 is 0 Å². The number of benzene rings is 2. The van der Waals surface area contributed by atoms with Gasteiger partial charge in [-0.3, -0.25) is 4.90 Å². The Labute approximate surface area is 136 Å². The van der Waals surface area contributed by atoms with Gasteiger partial charge in [-0.2, -0.15) is 0 Å². The van der Waals surface area contributed by atoms with Crippen LogP contribution in [0.2, 0.25) is 0 Å². The lowest BCUT2D eigenvalue weighted by molar-refractivity contribution is 0.118. The SMILES string of the molecule is C=CC1C(c2ccccc2)=Cc2ccccc2CN1C(=O)OC. The lowest BCUT2D eigenvalue weighted by atomic mass is 9.96. The lowest BCUT2D eigenvalue weighted by Gasteiger charge is -2.29. The van der Waals surface area contributed by atoms with Crippen molar-refractivity contribution in [1.82, 2.24) is 4.90 Å². The van der Waals surface area contributed by atoms with E-state index in [0.717, 1.165) is 22.3 Å². The van der Waals surface area contributed by atoms with Gasteiger partial charge < -0.3 is 4.74 Å². The maximum Gasteiger partial charge on any atom is 0.410 e. The highest BCUT2D eigenvalue weighted by Crippen LogP contribution is 2.32. The second-order valence-corrected chi connectivity index (χ2v) is 5.44. The van der Waals surface area contributed by atoms with Gasteiger partial charge in [0.25, 0.3) is 0 Å². The van der Waals surface area contributed by atoms with Crippen molar-refractivity contribution in [2.75, 3.05) is 7.11 Å². The zero-order valence-corrected chi connectivity index (χ0v) is 13.1. The number of carbonyl (C=O) groups excluding carboxylic acids is 1. The molecule has 1 heterocycles. The predicted molar refractivity (Wildman–Crippen MR) is 92.7 cm³/mol. The molecule has 23 heavy (non-hydrogen) atoms. The smallest absolute Gasteiger partial charge is 0.410 e. The van der Waals surface area contributed by atoms with Gasteiger partial charge in [-0.05, 0) is 28.3 Å². The first-order valence-electron chi connectivity index (χ1n) is 7.56. The summed E-state index contributed by atoms with van der Waals surface area (Å²) >= 11 is 0. The molecule has 1 aliphatic rings. The summed E-state index contributed by atoms with van der Waals surface area (Å²) in [6.45, 7) is 4.43. The summed E-state index contributed by atoms with van der Waals surface area (Å²) in [6.07, 6.45) is 3.58. The standard InChI is InChI=1S/C20H19NO2/c1-3-19-18(15-9-5-4-6-10-15)13-16-11-7-8-12-17(16)14-21(19)20(22)23-2/h3-13,19H,1,14H2,2H3. The first-order chi connectivity index (χ1) is 11.2. The molecular weight excluding hydrogens is 286 g/mol. The van der Waals surface area contributed by atoms with Gasteiger partial charge in [0.15, 0.2) is 0 Å². The molecule has 0 saturated carbocycles. The highest BCUT2D eigenvalue weighted by atomic mass is 16.5. The molecule has 0 radical (unpaired) electrons. The molecule has 3 rings (SSSR count). The molecule has 0 fully saturated rings. The monoisotopic (exact) mass is 305 g/mol. The molecule has 0 bridgehead atoms. The highest BCUT2D eigenvalue weighted by molar-refractivity contribution is 5.89. The Balaban J connectivity index is 2.18. The van der Waals surface area contributed by atoms with Gasteiger partial charge in [0.1, 0.15) is 0 Å². The number of methoxy groups -OCH3 is 1. The van der Waals surface area contributed by atoms with E-state index in [9.17, 15) is 4.79 Å². The molecule has 0 saturated heterocycles. The Bertz CT molecular complexity index is 749. The Morgan fingerprint density at radius 1 is 1.17 bits per heavy atom. The summed E-state index contributed by atoms with van der Waals surface area (Å²) in [6, 6.07) is 17.9. The van der Waals surface area contributed by atoms with Crippen molar-refractivity contribution in [2.24, 2.45) is 0 Å². The maximum absolute atomic E-state index is 12.3. The van der Waals surface area contributed by atoms with Gasteiger partial charge >= 0.3 is 6.09 Å². The number of carbonyl (C=O) groups is 1. The summed E-state index contributed by atoms with van der Waals surface area (Å²) in [4.78, 5) is 14.0. The van der Waals surface area contributed by atoms with Crippen LogP contribution in [0.15, 0.2) is 67.3 Å².